The molecule has 5 N–H and O–H groups in total. The molecule has 4 atom stereocenters. The number of hydrogen-bond acceptors (Lipinski definition) is 15. The molecule has 1 saturated heterocycles. The molecule has 0 unspecified atom stereocenters. The summed E-state index contributed by atoms with van der Waals surface area (Å²) in [6, 6.07) is 1.45. The number of phosphoric acid groups is 2. The van der Waals surface area contributed by atoms with E-state index in [9.17, 15) is 15.0 Å². The summed E-state index contributed by atoms with van der Waals surface area (Å²) in [5.41, 5.74) is 4.79. The van der Waals surface area contributed by atoms with Crippen molar-refractivity contribution < 1.29 is 147 Å². The maximum atomic E-state index is 11.5. The third-order valence-electron chi connectivity index (χ3n) is 2.91. The summed E-state index contributed by atoms with van der Waals surface area (Å²) in [6.07, 6.45) is -2.52. The van der Waals surface area contributed by atoms with Gasteiger partial charge in [0.1, 0.15) is 30.2 Å². The van der Waals surface area contributed by atoms with E-state index >= 15 is 0 Å². The van der Waals surface area contributed by atoms with Gasteiger partial charge in [-0.2, -0.15) is 20.6 Å². The van der Waals surface area contributed by atoms with Gasteiger partial charge in [0.25, 0.3) is 0 Å². The van der Waals surface area contributed by atoms with Crippen LogP contribution in [-0.2, 0) is 20.4 Å². The molecule has 1 aromatic heterocycles. The molecular formula is C10H15N3Na3O13P2-3. The molecule has 1 aliphatic heterocycles. The van der Waals surface area contributed by atoms with E-state index in [1.807, 2.05) is 0 Å². The zero-order valence-corrected chi connectivity index (χ0v) is 24.5. The van der Waals surface area contributed by atoms with E-state index in [1.165, 1.54) is 16.8 Å². The van der Waals surface area contributed by atoms with Crippen LogP contribution in [-0.4, -0.2) is 55.9 Å². The van der Waals surface area contributed by atoms with Gasteiger partial charge in [0.05, 0.1) is 13.2 Å². The Morgan fingerprint density at radius 3 is 1.71 bits per heavy atom. The van der Waals surface area contributed by atoms with Gasteiger partial charge >= 0.3 is 94.4 Å². The molecule has 31 heavy (non-hydrogen) atoms. The van der Waals surface area contributed by atoms with Crippen LogP contribution in [0.25, 0.3) is 0 Å². The summed E-state index contributed by atoms with van der Waals surface area (Å²) in [5, 5.41) is 28.2. The van der Waals surface area contributed by atoms with E-state index < -0.39 is 52.4 Å². The zero-order valence-electron chi connectivity index (χ0n) is 16.7. The largest absolute Gasteiger partial charge is 1.00 e. The van der Waals surface area contributed by atoms with Crippen molar-refractivity contribution in [3.05, 3.63) is 22.7 Å². The van der Waals surface area contributed by atoms with Gasteiger partial charge in [0, 0.05) is 6.20 Å². The summed E-state index contributed by atoms with van der Waals surface area (Å²) in [5.74, 6) is 0.109. The minimum absolute atomic E-state index is 0. The summed E-state index contributed by atoms with van der Waals surface area (Å²) < 4.78 is 23.6. The topological polar surface area (TPSA) is 303 Å². The van der Waals surface area contributed by atoms with Gasteiger partial charge in [-0.25, -0.2) is 4.79 Å². The van der Waals surface area contributed by atoms with E-state index in [0.717, 1.165) is 0 Å². The molecule has 0 bridgehead atoms. The van der Waals surface area contributed by atoms with Crippen molar-refractivity contribution in [2.75, 3.05) is 12.3 Å². The minimum atomic E-state index is -5.39. The first-order chi connectivity index (χ1) is 12.5. The fraction of sp³-hybridized carbons (Fsp3) is 0.600. The van der Waals surface area contributed by atoms with Crippen LogP contribution in [0.4, 0.5) is 5.82 Å². The van der Waals surface area contributed by atoms with Gasteiger partial charge in [-0.3, -0.25) is 4.57 Å². The predicted octanol–water partition coefficient (Wildman–Crippen LogP) is -17.3. The minimum Gasteiger partial charge on any atom is -0.822 e. The molecule has 2 heterocycles. The molecule has 164 valence electrons. The molecule has 0 radical (unpaired) electrons. The van der Waals surface area contributed by atoms with E-state index in [-0.39, 0.29) is 101 Å². The smallest absolute Gasteiger partial charge is 0.822 e. The number of ether oxygens (including phenoxy) is 1. The average Bonchev–Trinajstić information content (AvgIpc) is 2.74. The number of nitrogens with zero attached hydrogens (tertiary/aromatic N) is 2. The molecule has 0 spiro atoms. The van der Waals surface area contributed by atoms with Crippen LogP contribution in [0.15, 0.2) is 17.1 Å². The molecule has 0 amide bonds. The second-order valence-corrected chi connectivity index (χ2v) is 6.85. The molecule has 1 fully saturated rings. The standard InChI is InChI=1S/C10H15N3O5.3Na.2H3O4P/c11-7-1-2-13(10(17)12-7)3-5-8(15)9(16)6(4-14)18-5;;;;2*1-5(2,3)4/h1-2,5-6,8-9,14-16H,3-4H2,(H2,11,12,17);;;;2*(H3,1,2,3,4)/q;3*+1;;/p-6/t5-,6+,8-,9+;;;;;/m0...../s1. The number of anilines is 1. The predicted molar refractivity (Wildman–Crippen MR) is 75.9 cm³/mol. The third kappa shape index (κ3) is 20.8. The summed E-state index contributed by atoms with van der Waals surface area (Å²) in [4.78, 5) is 66.3. The Morgan fingerprint density at radius 2 is 1.39 bits per heavy atom. The van der Waals surface area contributed by atoms with E-state index in [0.29, 0.717) is 0 Å². The second kappa shape index (κ2) is 18.1. The van der Waals surface area contributed by atoms with Crippen LogP contribution in [0, 0.1) is 0 Å². The summed E-state index contributed by atoms with van der Waals surface area (Å²) >= 11 is 0. The Bertz CT molecular complexity index is 739. The van der Waals surface area contributed by atoms with Gasteiger partial charge < -0.3 is 64.3 Å². The van der Waals surface area contributed by atoms with Crippen molar-refractivity contribution in [2.45, 2.75) is 31.0 Å². The van der Waals surface area contributed by atoms with Crippen LogP contribution in [0.1, 0.15) is 0 Å². The maximum absolute atomic E-state index is 11.5. The molecule has 2 rings (SSSR count). The van der Waals surface area contributed by atoms with Crippen LogP contribution in [0.2, 0.25) is 0 Å². The van der Waals surface area contributed by atoms with Crippen LogP contribution < -0.4 is 129 Å². The van der Waals surface area contributed by atoms with Crippen molar-refractivity contribution in [2.24, 2.45) is 0 Å². The number of aliphatic hydroxyl groups is 3. The van der Waals surface area contributed by atoms with Crippen molar-refractivity contribution in [1.29, 1.82) is 0 Å². The summed E-state index contributed by atoms with van der Waals surface area (Å²) in [7, 11) is -10.8. The van der Waals surface area contributed by atoms with Crippen LogP contribution in [0.3, 0.4) is 0 Å². The molecule has 1 aromatic rings. The quantitative estimate of drug-likeness (QED) is 0.214. The van der Waals surface area contributed by atoms with Gasteiger partial charge in [-0.15, -0.1) is 0 Å². The second-order valence-electron chi connectivity index (χ2n) is 5.06. The fourth-order valence-corrected chi connectivity index (χ4v) is 1.90. The van der Waals surface area contributed by atoms with Crippen LogP contribution in [0.5, 0.6) is 0 Å². The Morgan fingerprint density at radius 1 is 1.00 bits per heavy atom. The van der Waals surface area contributed by atoms with Gasteiger partial charge in [0.2, 0.25) is 0 Å². The SMILES string of the molecule is Nc1ccn(C[C@@H]2O[C@H](CO)[C@@H](O)[C@H]2O)c(=O)n1.O=P([O-])([O-])[O-].O=P([O-])([O-])[O-].[Na+].[Na+].[Na+]. The van der Waals surface area contributed by atoms with Crippen molar-refractivity contribution >= 4 is 21.5 Å². The number of aromatic nitrogens is 2. The molecule has 16 nitrogen and oxygen atoms in total. The monoisotopic (exact) mass is 516 g/mol. The number of rotatable bonds is 3. The van der Waals surface area contributed by atoms with Crippen LogP contribution >= 0.6 is 15.6 Å². The molecule has 0 saturated carbocycles. The number of nitrogen functional groups attached to an aromatic ring is 1. The van der Waals surface area contributed by atoms with Crippen molar-refractivity contribution in [1.82, 2.24) is 9.55 Å². The Balaban J connectivity index is -0.000000239. The van der Waals surface area contributed by atoms with Gasteiger partial charge in [0.15, 0.2) is 0 Å². The van der Waals surface area contributed by atoms with Gasteiger partial charge in [-0.1, -0.05) is 0 Å². The maximum Gasteiger partial charge on any atom is 1.00 e. The Labute approximate surface area is 241 Å². The van der Waals surface area contributed by atoms with Crippen molar-refractivity contribution in [3.63, 3.8) is 0 Å². The Kier molecular flexibility index (Phi) is 23.3. The molecule has 21 heteroatoms. The number of aliphatic hydroxyl groups excluding tert-OH is 3. The van der Waals surface area contributed by atoms with Gasteiger partial charge in [-0.05, 0) is 6.07 Å². The number of hydrogen-bond donors (Lipinski definition) is 4. The average molecular weight is 516 g/mol. The number of nitrogens with two attached hydrogens (primary N) is 1. The first-order valence-electron chi connectivity index (χ1n) is 6.94. The third-order valence-corrected chi connectivity index (χ3v) is 2.91. The first-order valence-corrected chi connectivity index (χ1v) is 9.86. The molecular weight excluding hydrogens is 501 g/mol. The summed E-state index contributed by atoms with van der Waals surface area (Å²) in [6.45, 7) is -0.371. The zero-order chi connectivity index (χ0) is 22.3. The van der Waals surface area contributed by atoms with E-state index in [2.05, 4.69) is 4.98 Å². The molecule has 0 aliphatic carbocycles. The molecule has 1 aliphatic rings. The van der Waals surface area contributed by atoms with E-state index in [4.69, 9.17) is 54.1 Å². The normalized spacial score (nSPS) is 22.2. The Hall–Kier alpha value is 1.74. The molecule has 0 aromatic carbocycles. The van der Waals surface area contributed by atoms with Crippen molar-refractivity contribution in [3.8, 4) is 0 Å². The van der Waals surface area contributed by atoms with E-state index in [1.54, 1.807) is 0 Å². The first kappa shape index (κ1) is 39.9. The fourth-order valence-electron chi connectivity index (χ4n) is 1.90.